The summed E-state index contributed by atoms with van der Waals surface area (Å²) in [6, 6.07) is 5.11. The van der Waals surface area contributed by atoms with Crippen molar-refractivity contribution in [3.05, 3.63) is 40.4 Å². The number of carbonyl (C=O) groups is 1. The molecule has 3 heteroatoms. The molecule has 1 aromatic rings. The zero-order valence-electron chi connectivity index (χ0n) is 9.13. The highest BCUT2D eigenvalue weighted by Gasteiger charge is 2.18. The van der Waals surface area contributed by atoms with Crippen molar-refractivity contribution in [2.75, 3.05) is 7.11 Å². The number of hydrogen-bond acceptors (Lipinski definition) is 2. The molecule has 1 aliphatic carbocycles. The third-order valence-electron chi connectivity index (χ3n) is 2.74. The predicted octanol–water partition coefficient (Wildman–Crippen LogP) is 3.64. The number of allylic oxidation sites excluding steroid dienone is 2. The molecule has 0 amide bonds. The molecule has 0 aliphatic heterocycles. The summed E-state index contributed by atoms with van der Waals surface area (Å²) >= 11 is 5.85. The number of halogens is 1. The zero-order valence-corrected chi connectivity index (χ0v) is 9.88. The van der Waals surface area contributed by atoms with Crippen molar-refractivity contribution >= 4 is 17.4 Å². The van der Waals surface area contributed by atoms with Gasteiger partial charge in [0.2, 0.25) is 0 Å². The minimum absolute atomic E-state index is 0.0611. The Bertz CT molecular complexity index is 449. The Hall–Kier alpha value is -1.28. The first-order valence-electron chi connectivity index (χ1n) is 5.29. The Balaban J connectivity index is 2.35. The summed E-state index contributed by atoms with van der Waals surface area (Å²) in [6.07, 6.45) is 4.94. The summed E-state index contributed by atoms with van der Waals surface area (Å²) in [5, 5.41) is 0.578. The zero-order chi connectivity index (χ0) is 11.5. The molecule has 0 bridgehead atoms. The highest BCUT2D eigenvalue weighted by Crippen LogP contribution is 2.28. The van der Waals surface area contributed by atoms with Crippen LogP contribution in [-0.2, 0) is 0 Å². The molecule has 0 atom stereocenters. The van der Waals surface area contributed by atoms with Gasteiger partial charge < -0.3 is 4.74 Å². The maximum atomic E-state index is 12.1. The molecule has 0 spiro atoms. The summed E-state index contributed by atoms with van der Waals surface area (Å²) in [5.41, 5.74) is 1.49. The molecule has 0 saturated carbocycles. The van der Waals surface area contributed by atoms with Crippen LogP contribution in [0.25, 0.3) is 0 Å². The molecule has 2 rings (SSSR count). The molecule has 0 saturated heterocycles. The fourth-order valence-electron chi connectivity index (χ4n) is 1.90. The average molecular weight is 237 g/mol. The lowest BCUT2D eigenvalue weighted by atomic mass is 10.0. The summed E-state index contributed by atoms with van der Waals surface area (Å²) < 4.78 is 5.17. The van der Waals surface area contributed by atoms with E-state index in [1.54, 1.807) is 25.3 Å². The van der Waals surface area contributed by atoms with Crippen LogP contribution in [0.5, 0.6) is 5.75 Å². The lowest BCUT2D eigenvalue weighted by Gasteiger charge is -2.08. The molecule has 1 aliphatic rings. The van der Waals surface area contributed by atoms with Gasteiger partial charge in [-0.15, -0.1) is 0 Å². The molecule has 1 aromatic carbocycles. The van der Waals surface area contributed by atoms with E-state index < -0.39 is 0 Å². The maximum absolute atomic E-state index is 12.1. The number of methoxy groups -OCH3 is 1. The van der Waals surface area contributed by atoms with Crippen molar-refractivity contribution in [1.82, 2.24) is 0 Å². The van der Waals surface area contributed by atoms with Crippen molar-refractivity contribution in [3.8, 4) is 5.75 Å². The van der Waals surface area contributed by atoms with Crippen LogP contribution in [-0.4, -0.2) is 12.9 Å². The Morgan fingerprint density at radius 3 is 2.88 bits per heavy atom. The molecule has 0 aromatic heterocycles. The van der Waals surface area contributed by atoms with Crippen LogP contribution in [0.1, 0.15) is 29.6 Å². The number of benzene rings is 1. The van der Waals surface area contributed by atoms with Crippen LogP contribution in [0.3, 0.4) is 0 Å². The smallest absolute Gasteiger partial charge is 0.192 e. The molecule has 2 nitrogen and oxygen atoms in total. The van der Waals surface area contributed by atoms with E-state index >= 15 is 0 Å². The lowest BCUT2D eigenvalue weighted by molar-refractivity contribution is 0.102. The Morgan fingerprint density at radius 2 is 2.25 bits per heavy atom. The quantitative estimate of drug-likeness (QED) is 0.749. The van der Waals surface area contributed by atoms with E-state index in [9.17, 15) is 4.79 Å². The predicted molar refractivity (Wildman–Crippen MR) is 64.3 cm³/mol. The first-order chi connectivity index (χ1) is 7.72. The summed E-state index contributed by atoms with van der Waals surface area (Å²) in [6.45, 7) is 0. The van der Waals surface area contributed by atoms with E-state index in [1.165, 1.54) is 0 Å². The third kappa shape index (κ3) is 2.12. The number of rotatable bonds is 3. The van der Waals surface area contributed by atoms with Gasteiger partial charge in [0.05, 0.1) is 12.7 Å². The van der Waals surface area contributed by atoms with E-state index in [1.807, 2.05) is 6.08 Å². The molecule has 0 unspecified atom stereocenters. The van der Waals surface area contributed by atoms with E-state index in [0.717, 1.165) is 24.8 Å². The SMILES string of the molecule is COc1cc(Cl)ccc1C(=O)C1=CCCC1. The van der Waals surface area contributed by atoms with Crippen LogP contribution in [0, 0.1) is 0 Å². The highest BCUT2D eigenvalue weighted by atomic mass is 35.5. The monoisotopic (exact) mass is 236 g/mol. The normalized spacial score (nSPS) is 14.8. The maximum Gasteiger partial charge on any atom is 0.192 e. The van der Waals surface area contributed by atoms with Crippen LogP contribution in [0.2, 0.25) is 5.02 Å². The first-order valence-corrected chi connectivity index (χ1v) is 5.67. The summed E-state index contributed by atoms with van der Waals surface area (Å²) in [4.78, 5) is 12.1. The third-order valence-corrected chi connectivity index (χ3v) is 2.98. The van der Waals surface area contributed by atoms with Crippen molar-refractivity contribution < 1.29 is 9.53 Å². The van der Waals surface area contributed by atoms with Gasteiger partial charge in [-0.3, -0.25) is 4.79 Å². The lowest BCUT2D eigenvalue weighted by Crippen LogP contribution is -2.04. The number of carbonyl (C=O) groups excluding carboxylic acids is 1. The largest absolute Gasteiger partial charge is 0.496 e. The van der Waals surface area contributed by atoms with Gasteiger partial charge in [-0.1, -0.05) is 17.7 Å². The Kier molecular flexibility index (Phi) is 3.30. The second-order valence-corrected chi connectivity index (χ2v) is 4.23. The van der Waals surface area contributed by atoms with E-state index in [-0.39, 0.29) is 5.78 Å². The molecule has 0 fully saturated rings. The summed E-state index contributed by atoms with van der Waals surface area (Å²) in [7, 11) is 1.55. The Labute approximate surface area is 99.9 Å². The van der Waals surface area contributed by atoms with Gasteiger partial charge in [0.15, 0.2) is 5.78 Å². The highest BCUT2D eigenvalue weighted by molar-refractivity contribution is 6.31. The topological polar surface area (TPSA) is 26.3 Å². The van der Waals surface area contributed by atoms with Crippen molar-refractivity contribution in [2.45, 2.75) is 19.3 Å². The molecule has 84 valence electrons. The minimum Gasteiger partial charge on any atom is -0.496 e. The second kappa shape index (κ2) is 4.71. The molecule has 0 heterocycles. The molecule has 0 radical (unpaired) electrons. The van der Waals surface area contributed by atoms with Gasteiger partial charge in [0.1, 0.15) is 5.75 Å². The second-order valence-electron chi connectivity index (χ2n) is 3.80. The molecular formula is C13H13ClO2. The average Bonchev–Trinajstić information content (AvgIpc) is 2.81. The molecular weight excluding hydrogens is 224 g/mol. The standard InChI is InChI=1S/C13H13ClO2/c1-16-12-8-10(14)6-7-11(12)13(15)9-4-2-3-5-9/h4,6-8H,2-3,5H2,1H3. The van der Waals surface area contributed by atoms with E-state index in [4.69, 9.17) is 16.3 Å². The number of ketones is 1. The van der Waals surface area contributed by atoms with E-state index in [2.05, 4.69) is 0 Å². The number of Topliss-reactive ketones (excluding diaryl/α,β-unsaturated/α-hetero) is 1. The van der Waals surface area contributed by atoms with Crippen LogP contribution < -0.4 is 4.74 Å². The van der Waals surface area contributed by atoms with Gasteiger partial charge >= 0.3 is 0 Å². The first kappa shape index (κ1) is 11.2. The van der Waals surface area contributed by atoms with Crippen LogP contribution >= 0.6 is 11.6 Å². The fourth-order valence-corrected chi connectivity index (χ4v) is 2.06. The number of hydrogen-bond donors (Lipinski definition) is 0. The molecule has 16 heavy (non-hydrogen) atoms. The van der Waals surface area contributed by atoms with Crippen LogP contribution in [0.15, 0.2) is 29.8 Å². The van der Waals surface area contributed by atoms with Gasteiger partial charge in [-0.25, -0.2) is 0 Å². The molecule has 0 N–H and O–H groups in total. The van der Waals surface area contributed by atoms with E-state index in [0.29, 0.717) is 16.3 Å². The van der Waals surface area contributed by atoms with Crippen molar-refractivity contribution in [2.24, 2.45) is 0 Å². The summed E-state index contributed by atoms with van der Waals surface area (Å²) in [5.74, 6) is 0.608. The number of ether oxygens (including phenoxy) is 1. The van der Waals surface area contributed by atoms with Gasteiger partial charge in [0, 0.05) is 5.02 Å². The Morgan fingerprint density at radius 1 is 1.44 bits per heavy atom. The van der Waals surface area contributed by atoms with Crippen molar-refractivity contribution in [1.29, 1.82) is 0 Å². The minimum atomic E-state index is 0.0611. The van der Waals surface area contributed by atoms with Crippen molar-refractivity contribution in [3.63, 3.8) is 0 Å². The van der Waals surface area contributed by atoms with Gasteiger partial charge in [-0.2, -0.15) is 0 Å². The van der Waals surface area contributed by atoms with Crippen LogP contribution in [0.4, 0.5) is 0 Å². The fraction of sp³-hybridized carbons (Fsp3) is 0.308. The van der Waals surface area contributed by atoms with Gasteiger partial charge in [-0.05, 0) is 43.0 Å². The van der Waals surface area contributed by atoms with Gasteiger partial charge in [0.25, 0.3) is 0 Å².